The molecule has 0 radical (unpaired) electrons. The lowest BCUT2D eigenvalue weighted by atomic mass is 10.0. The van der Waals surface area contributed by atoms with Crippen LogP contribution in [0.5, 0.6) is 0 Å². The first kappa shape index (κ1) is 13.6. The summed E-state index contributed by atoms with van der Waals surface area (Å²) in [6, 6.07) is 5.32. The fourth-order valence-electron chi connectivity index (χ4n) is 2.13. The Labute approximate surface area is 115 Å². The second-order valence-electron chi connectivity index (χ2n) is 4.73. The first-order valence-electron chi connectivity index (χ1n) is 6.14. The number of hydrogen-bond donors (Lipinski definition) is 1. The summed E-state index contributed by atoms with van der Waals surface area (Å²) in [5.74, 6) is 0.848. The van der Waals surface area contributed by atoms with Crippen molar-refractivity contribution >= 4 is 26.9 Å². The van der Waals surface area contributed by atoms with Crippen molar-refractivity contribution in [2.24, 2.45) is 5.92 Å². The van der Waals surface area contributed by atoms with E-state index in [0.717, 1.165) is 22.2 Å². The molecule has 98 valence electrons. The zero-order valence-electron chi connectivity index (χ0n) is 10.8. The average molecular weight is 314 g/mol. The van der Waals surface area contributed by atoms with E-state index >= 15 is 0 Å². The lowest BCUT2D eigenvalue weighted by molar-refractivity contribution is 0.354. The summed E-state index contributed by atoms with van der Waals surface area (Å²) in [7, 11) is 0. The predicted molar refractivity (Wildman–Crippen MR) is 75.1 cm³/mol. The molecule has 0 aliphatic rings. The molecule has 2 aromatic rings. The summed E-state index contributed by atoms with van der Waals surface area (Å²) in [5, 5.41) is 4.16. The lowest BCUT2D eigenvalue weighted by Crippen LogP contribution is -2.24. The number of hydrogen-bond acceptors (Lipinski definition) is 2. The maximum Gasteiger partial charge on any atom is 0.170 e. The lowest BCUT2D eigenvalue weighted by Gasteiger charge is -2.18. The quantitative estimate of drug-likeness (QED) is 0.889. The van der Waals surface area contributed by atoms with Crippen molar-refractivity contribution in [3.8, 4) is 0 Å². The van der Waals surface area contributed by atoms with E-state index in [0.29, 0.717) is 11.5 Å². The van der Waals surface area contributed by atoms with Crippen LogP contribution in [-0.2, 0) is 0 Å². The Balaban J connectivity index is 2.48. The molecule has 1 aromatic carbocycles. The number of rotatable bonds is 4. The van der Waals surface area contributed by atoms with Crippen LogP contribution in [0.3, 0.4) is 0 Å². The molecule has 0 saturated carbocycles. The maximum atomic E-state index is 13.8. The minimum atomic E-state index is -0.329. The third-order valence-electron chi connectivity index (χ3n) is 2.95. The Kier molecular flexibility index (Phi) is 4.07. The van der Waals surface area contributed by atoms with Gasteiger partial charge in [-0.1, -0.05) is 36.7 Å². The molecular formula is C14H17BrFNO. The normalized spacial score (nSPS) is 13.4. The third kappa shape index (κ3) is 2.59. The Hall–Kier alpha value is -0.870. The predicted octanol–water partition coefficient (Wildman–Crippen LogP) is 4.64. The molecule has 1 atom stereocenters. The molecule has 4 heteroatoms. The van der Waals surface area contributed by atoms with Gasteiger partial charge in [0.1, 0.15) is 5.76 Å². The first-order valence-corrected chi connectivity index (χ1v) is 6.94. The average Bonchev–Trinajstić information content (AvgIpc) is 2.68. The molecule has 0 saturated heterocycles. The van der Waals surface area contributed by atoms with Crippen LogP contribution in [-0.4, -0.2) is 6.54 Å². The smallest absolute Gasteiger partial charge is 0.170 e. The van der Waals surface area contributed by atoms with Gasteiger partial charge in [0.05, 0.1) is 6.04 Å². The molecule has 0 aliphatic carbocycles. The van der Waals surface area contributed by atoms with Crippen LogP contribution in [0.2, 0.25) is 0 Å². The second-order valence-corrected chi connectivity index (χ2v) is 5.65. The molecule has 1 unspecified atom stereocenters. The number of nitrogens with one attached hydrogen (secondary N) is 1. The van der Waals surface area contributed by atoms with Crippen molar-refractivity contribution in [2.75, 3.05) is 6.54 Å². The number of halogens is 2. The zero-order valence-corrected chi connectivity index (χ0v) is 12.3. The standard InChI is InChI=1S/C14H17BrFNO/c1-4-17-13(8(2)3)12-6-9-5-10(15)7-11(16)14(9)18-12/h5-8,13,17H,4H2,1-3H3. The Morgan fingerprint density at radius 1 is 1.33 bits per heavy atom. The molecule has 18 heavy (non-hydrogen) atoms. The van der Waals surface area contributed by atoms with Gasteiger partial charge in [-0.25, -0.2) is 4.39 Å². The van der Waals surface area contributed by atoms with Crippen molar-refractivity contribution in [1.82, 2.24) is 5.32 Å². The third-order valence-corrected chi connectivity index (χ3v) is 3.41. The molecule has 0 aliphatic heterocycles. The SMILES string of the molecule is CCNC(c1cc2cc(Br)cc(F)c2o1)C(C)C. The molecule has 0 fully saturated rings. The largest absolute Gasteiger partial charge is 0.456 e. The van der Waals surface area contributed by atoms with Crippen LogP contribution in [0, 0.1) is 11.7 Å². The minimum absolute atomic E-state index is 0.112. The molecule has 2 rings (SSSR count). The van der Waals surface area contributed by atoms with Crippen molar-refractivity contribution in [3.63, 3.8) is 0 Å². The monoisotopic (exact) mass is 313 g/mol. The van der Waals surface area contributed by atoms with Gasteiger partial charge in [-0.05, 0) is 30.7 Å². The highest BCUT2D eigenvalue weighted by Gasteiger charge is 2.20. The molecular weight excluding hydrogens is 297 g/mol. The van der Waals surface area contributed by atoms with E-state index < -0.39 is 0 Å². The minimum Gasteiger partial charge on any atom is -0.456 e. The van der Waals surface area contributed by atoms with E-state index in [1.165, 1.54) is 6.07 Å². The van der Waals surface area contributed by atoms with Gasteiger partial charge in [0.15, 0.2) is 11.4 Å². The summed E-state index contributed by atoms with van der Waals surface area (Å²) in [6.45, 7) is 7.14. The summed E-state index contributed by atoms with van der Waals surface area (Å²) in [4.78, 5) is 0. The van der Waals surface area contributed by atoms with E-state index in [9.17, 15) is 4.39 Å². The Morgan fingerprint density at radius 3 is 2.67 bits per heavy atom. The molecule has 0 amide bonds. The van der Waals surface area contributed by atoms with Gasteiger partial charge in [0, 0.05) is 9.86 Å². The van der Waals surface area contributed by atoms with Crippen LogP contribution < -0.4 is 5.32 Å². The summed E-state index contributed by atoms with van der Waals surface area (Å²) in [5.41, 5.74) is 0.330. The molecule has 0 bridgehead atoms. The number of furan rings is 1. The first-order chi connectivity index (χ1) is 8.52. The highest BCUT2D eigenvalue weighted by Crippen LogP contribution is 2.31. The van der Waals surface area contributed by atoms with Crippen molar-refractivity contribution in [2.45, 2.75) is 26.8 Å². The van der Waals surface area contributed by atoms with Crippen LogP contribution >= 0.6 is 15.9 Å². The maximum absolute atomic E-state index is 13.8. The van der Waals surface area contributed by atoms with Gasteiger partial charge < -0.3 is 9.73 Å². The molecule has 1 aromatic heterocycles. The van der Waals surface area contributed by atoms with Crippen molar-refractivity contribution < 1.29 is 8.81 Å². The van der Waals surface area contributed by atoms with Crippen LogP contribution in [0.15, 0.2) is 27.1 Å². The van der Waals surface area contributed by atoms with Crippen LogP contribution in [0.25, 0.3) is 11.0 Å². The highest BCUT2D eigenvalue weighted by atomic mass is 79.9. The Morgan fingerprint density at radius 2 is 2.06 bits per heavy atom. The van der Waals surface area contributed by atoms with Crippen molar-refractivity contribution in [1.29, 1.82) is 0 Å². The van der Waals surface area contributed by atoms with Crippen molar-refractivity contribution in [3.05, 3.63) is 34.2 Å². The van der Waals surface area contributed by atoms with Gasteiger partial charge in [0.2, 0.25) is 0 Å². The van der Waals surface area contributed by atoms with Gasteiger partial charge in [-0.2, -0.15) is 0 Å². The van der Waals surface area contributed by atoms with Gasteiger partial charge >= 0.3 is 0 Å². The molecule has 1 heterocycles. The van der Waals surface area contributed by atoms with E-state index in [1.807, 2.05) is 12.1 Å². The van der Waals surface area contributed by atoms with Gasteiger partial charge in [0.25, 0.3) is 0 Å². The molecule has 2 nitrogen and oxygen atoms in total. The number of benzene rings is 1. The van der Waals surface area contributed by atoms with Gasteiger partial charge in [-0.15, -0.1) is 0 Å². The fourth-order valence-corrected chi connectivity index (χ4v) is 2.58. The van der Waals surface area contributed by atoms with Gasteiger partial charge in [-0.3, -0.25) is 0 Å². The van der Waals surface area contributed by atoms with Crippen LogP contribution in [0.1, 0.15) is 32.6 Å². The number of fused-ring (bicyclic) bond motifs is 1. The summed E-state index contributed by atoms with van der Waals surface area (Å²) in [6.07, 6.45) is 0. The Bertz CT molecular complexity index is 550. The van der Waals surface area contributed by atoms with E-state index in [2.05, 4.69) is 42.0 Å². The molecule has 0 spiro atoms. The topological polar surface area (TPSA) is 25.2 Å². The molecule has 1 N–H and O–H groups in total. The zero-order chi connectivity index (χ0) is 13.3. The second kappa shape index (κ2) is 5.41. The summed E-state index contributed by atoms with van der Waals surface area (Å²) < 4.78 is 20.2. The van der Waals surface area contributed by atoms with E-state index in [-0.39, 0.29) is 11.9 Å². The fraction of sp³-hybridized carbons (Fsp3) is 0.429. The highest BCUT2D eigenvalue weighted by molar-refractivity contribution is 9.10. The summed E-state index contributed by atoms with van der Waals surface area (Å²) >= 11 is 3.29. The van der Waals surface area contributed by atoms with Crippen LogP contribution in [0.4, 0.5) is 4.39 Å². The van der Waals surface area contributed by atoms with E-state index in [4.69, 9.17) is 4.42 Å². The van der Waals surface area contributed by atoms with E-state index in [1.54, 1.807) is 0 Å².